The van der Waals surface area contributed by atoms with Crippen LogP contribution in [0, 0.1) is 11.3 Å². The zero-order chi connectivity index (χ0) is 11.8. The van der Waals surface area contributed by atoms with Crippen molar-refractivity contribution >= 4 is 23.0 Å². The topological polar surface area (TPSA) is 66.6 Å². The Labute approximate surface area is 98.4 Å². The predicted molar refractivity (Wildman–Crippen MR) is 63.5 cm³/mol. The van der Waals surface area contributed by atoms with E-state index in [4.69, 9.17) is 5.26 Å². The third kappa shape index (κ3) is 4.71. The average Bonchev–Trinajstić information content (AvgIpc) is 2.29. The van der Waals surface area contributed by atoms with Gasteiger partial charge in [-0.3, -0.25) is 4.79 Å². The van der Waals surface area contributed by atoms with Crippen LogP contribution >= 0.6 is 11.8 Å². The molecular formula is C11H11N3OS. The molecule has 0 atom stereocenters. The number of aromatic nitrogens is 2. The van der Waals surface area contributed by atoms with Crippen LogP contribution in [0.5, 0.6) is 0 Å². The van der Waals surface area contributed by atoms with E-state index in [-0.39, 0.29) is 10.9 Å². The van der Waals surface area contributed by atoms with E-state index in [1.165, 1.54) is 11.8 Å². The largest absolute Gasteiger partial charge is 0.288 e. The molecule has 0 bridgehead atoms. The monoisotopic (exact) mass is 233 g/mol. The Hall–Kier alpha value is -1.67. The highest BCUT2D eigenvalue weighted by Gasteiger charge is 1.93. The van der Waals surface area contributed by atoms with Crippen LogP contribution in [0.2, 0.25) is 0 Å². The minimum atomic E-state index is 0.134. The van der Waals surface area contributed by atoms with Gasteiger partial charge < -0.3 is 0 Å². The first-order valence-corrected chi connectivity index (χ1v) is 5.73. The molecule has 0 unspecified atom stereocenters. The summed E-state index contributed by atoms with van der Waals surface area (Å²) in [6, 6.07) is 1.86. The molecule has 0 saturated heterocycles. The Morgan fingerprint density at radius 2 is 2.25 bits per heavy atom. The molecule has 0 aliphatic carbocycles. The van der Waals surface area contributed by atoms with Crippen LogP contribution in [0.25, 0.3) is 6.08 Å². The van der Waals surface area contributed by atoms with Gasteiger partial charge in [0.15, 0.2) is 5.12 Å². The lowest BCUT2D eigenvalue weighted by Gasteiger charge is -1.93. The van der Waals surface area contributed by atoms with Gasteiger partial charge in [0.2, 0.25) is 5.82 Å². The highest BCUT2D eigenvalue weighted by Crippen LogP contribution is 2.05. The second-order valence-electron chi connectivity index (χ2n) is 2.98. The van der Waals surface area contributed by atoms with E-state index in [2.05, 4.69) is 9.97 Å². The van der Waals surface area contributed by atoms with E-state index in [0.29, 0.717) is 0 Å². The van der Waals surface area contributed by atoms with Crippen LogP contribution in [0.1, 0.15) is 24.7 Å². The molecule has 0 aromatic carbocycles. The molecule has 0 N–H and O–H groups in total. The second kappa shape index (κ2) is 6.75. The summed E-state index contributed by atoms with van der Waals surface area (Å²) in [4.78, 5) is 18.3. The summed E-state index contributed by atoms with van der Waals surface area (Å²) in [5.41, 5.74) is 0.854. The number of hydrogen-bond donors (Lipinski definition) is 0. The van der Waals surface area contributed by atoms with Crippen LogP contribution in [0.3, 0.4) is 0 Å². The van der Waals surface area contributed by atoms with Crippen LogP contribution < -0.4 is 0 Å². The van der Waals surface area contributed by atoms with E-state index in [9.17, 15) is 4.79 Å². The molecule has 16 heavy (non-hydrogen) atoms. The maximum atomic E-state index is 10.6. The van der Waals surface area contributed by atoms with Crippen LogP contribution in [-0.2, 0) is 4.79 Å². The van der Waals surface area contributed by atoms with Crippen LogP contribution in [0.4, 0.5) is 0 Å². The SMILES string of the molecule is CC(=O)SCCC=Cc1cnc(C#N)nc1. The third-order valence-electron chi connectivity index (χ3n) is 1.67. The molecule has 1 heterocycles. The van der Waals surface area contributed by atoms with Crippen molar-refractivity contribution in [3.05, 3.63) is 29.9 Å². The third-order valence-corrected chi connectivity index (χ3v) is 2.52. The van der Waals surface area contributed by atoms with Gasteiger partial charge in [-0.1, -0.05) is 23.9 Å². The van der Waals surface area contributed by atoms with Crippen molar-refractivity contribution in [2.24, 2.45) is 0 Å². The Kier molecular flexibility index (Phi) is 5.23. The maximum Gasteiger partial charge on any atom is 0.232 e. The lowest BCUT2D eigenvalue weighted by atomic mass is 10.3. The molecule has 1 rings (SSSR count). The fourth-order valence-corrected chi connectivity index (χ4v) is 1.51. The number of thioether (sulfide) groups is 1. The van der Waals surface area contributed by atoms with Gasteiger partial charge in [0.1, 0.15) is 6.07 Å². The molecule has 0 aliphatic rings. The first-order chi connectivity index (χ1) is 7.72. The molecule has 5 heteroatoms. The predicted octanol–water partition coefficient (Wildman–Crippen LogP) is 2.03. The number of rotatable bonds is 4. The summed E-state index contributed by atoms with van der Waals surface area (Å²) >= 11 is 1.31. The van der Waals surface area contributed by atoms with Crippen molar-refractivity contribution in [2.45, 2.75) is 13.3 Å². The molecule has 4 nitrogen and oxygen atoms in total. The van der Waals surface area contributed by atoms with Crippen molar-refractivity contribution in [2.75, 3.05) is 5.75 Å². The van der Waals surface area contributed by atoms with Crippen molar-refractivity contribution in [1.82, 2.24) is 9.97 Å². The van der Waals surface area contributed by atoms with E-state index in [0.717, 1.165) is 17.7 Å². The van der Waals surface area contributed by atoms with Gasteiger partial charge in [-0.25, -0.2) is 9.97 Å². The number of nitrogens with zero attached hydrogens (tertiary/aromatic N) is 3. The number of carbonyl (C=O) groups excluding carboxylic acids is 1. The molecule has 0 radical (unpaired) electrons. The molecular weight excluding hydrogens is 222 g/mol. The quantitative estimate of drug-likeness (QED) is 0.744. The molecule has 82 valence electrons. The summed E-state index contributed by atoms with van der Waals surface area (Å²) in [7, 11) is 0. The molecule has 0 saturated carbocycles. The summed E-state index contributed by atoms with van der Waals surface area (Å²) in [6.45, 7) is 1.56. The normalized spacial score (nSPS) is 10.2. The summed E-state index contributed by atoms with van der Waals surface area (Å²) in [6.07, 6.45) is 7.85. The van der Waals surface area contributed by atoms with Gasteiger partial charge in [-0.15, -0.1) is 0 Å². The second-order valence-corrected chi connectivity index (χ2v) is 4.25. The van der Waals surface area contributed by atoms with Crippen LogP contribution in [0.15, 0.2) is 18.5 Å². The van der Waals surface area contributed by atoms with E-state index in [1.54, 1.807) is 19.3 Å². The fraction of sp³-hybridized carbons (Fsp3) is 0.273. The van der Waals surface area contributed by atoms with Gasteiger partial charge in [0, 0.05) is 30.6 Å². The molecule has 0 aliphatic heterocycles. The highest BCUT2D eigenvalue weighted by molar-refractivity contribution is 8.13. The van der Waals surface area contributed by atoms with E-state index >= 15 is 0 Å². The van der Waals surface area contributed by atoms with Crippen molar-refractivity contribution in [3.63, 3.8) is 0 Å². The number of carbonyl (C=O) groups is 1. The van der Waals surface area contributed by atoms with Gasteiger partial charge in [-0.05, 0) is 6.42 Å². The van der Waals surface area contributed by atoms with Gasteiger partial charge >= 0.3 is 0 Å². The Balaban J connectivity index is 2.38. The Morgan fingerprint density at radius 3 is 2.81 bits per heavy atom. The summed E-state index contributed by atoms with van der Waals surface area (Å²) in [5.74, 6) is 0.951. The number of hydrogen-bond acceptors (Lipinski definition) is 5. The molecule has 1 aromatic heterocycles. The fourth-order valence-electron chi connectivity index (χ4n) is 0.972. The summed E-state index contributed by atoms with van der Waals surface area (Å²) in [5, 5.41) is 8.63. The average molecular weight is 233 g/mol. The molecule has 0 amide bonds. The lowest BCUT2D eigenvalue weighted by Crippen LogP contribution is -1.88. The van der Waals surface area contributed by atoms with Crippen molar-refractivity contribution in [3.8, 4) is 6.07 Å². The minimum Gasteiger partial charge on any atom is -0.288 e. The number of allylic oxidation sites excluding steroid dienone is 1. The Morgan fingerprint density at radius 1 is 1.56 bits per heavy atom. The zero-order valence-electron chi connectivity index (χ0n) is 8.88. The minimum absolute atomic E-state index is 0.134. The molecule has 1 aromatic rings. The van der Waals surface area contributed by atoms with Gasteiger partial charge in [0.05, 0.1) is 0 Å². The standard InChI is InChI=1S/C11H11N3OS/c1-9(15)16-5-3-2-4-10-7-13-11(6-12)14-8-10/h2,4,7-8H,3,5H2,1H3. The molecule has 0 fully saturated rings. The van der Waals surface area contributed by atoms with Crippen molar-refractivity contribution < 1.29 is 4.79 Å². The number of nitriles is 1. The van der Waals surface area contributed by atoms with Gasteiger partial charge in [-0.2, -0.15) is 5.26 Å². The maximum absolute atomic E-state index is 10.6. The van der Waals surface area contributed by atoms with Crippen molar-refractivity contribution in [1.29, 1.82) is 5.26 Å². The molecule has 0 spiro atoms. The first-order valence-electron chi connectivity index (χ1n) is 4.74. The highest BCUT2D eigenvalue weighted by atomic mass is 32.2. The van der Waals surface area contributed by atoms with E-state index in [1.807, 2.05) is 18.2 Å². The smallest absolute Gasteiger partial charge is 0.232 e. The van der Waals surface area contributed by atoms with Gasteiger partial charge in [0.25, 0.3) is 0 Å². The lowest BCUT2D eigenvalue weighted by molar-refractivity contribution is -0.109. The van der Waals surface area contributed by atoms with Crippen LogP contribution in [-0.4, -0.2) is 20.8 Å². The van der Waals surface area contributed by atoms with E-state index < -0.39 is 0 Å². The Bertz CT molecular complexity index is 420. The zero-order valence-corrected chi connectivity index (χ0v) is 9.70. The summed E-state index contributed by atoms with van der Waals surface area (Å²) < 4.78 is 0. The first kappa shape index (κ1) is 12.4.